The molecule has 0 spiro atoms. The lowest BCUT2D eigenvalue weighted by Crippen LogP contribution is -2.29. The van der Waals surface area contributed by atoms with E-state index in [1.165, 1.54) is 11.3 Å². The molecule has 2 aromatic carbocycles. The predicted octanol–water partition coefficient (Wildman–Crippen LogP) is 4.72. The maximum atomic E-state index is 12.9. The van der Waals surface area contributed by atoms with Gasteiger partial charge in [0.05, 0.1) is 6.04 Å². The molecular weight excluding hydrogens is 354 g/mol. The van der Waals surface area contributed by atoms with Gasteiger partial charge in [-0.25, -0.2) is 4.98 Å². The van der Waals surface area contributed by atoms with Gasteiger partial charge in [-0.1, -0.05) is 60.7 Å². The lowest BCUT2D eigenvalue weighted by molar-refractivity contribution is 0.0938. The Morgan fingerprint density at radius 1 is 0.852 bits per heavy atom. The minimum atomic E-state index is -0.261. The summed E-state index contributed by atoms with van der Waals surface area (Å²) in [5, 5.41) is 5.74. The molecule has 132 valence electrons. The average molecular weight is 371 g/mol. The first kappa shape index (κ1) is 17.1. The van der Waals surface area contributed by atoms with E-state index >= 15 is 0 Å². The smallest absolute Gasteiger partial charge is 0.271 e. The fraction of sp³-hybridized carbons (Fsp3) is 0.0455. The second-order valence-corrected chi connectivity index (χ2v) is 6.86. The van der Waals surface area contributed by atoms with Crippen LogP contribution in [0.25, 0.3) is 10.6 Å². The van der Waals surface area contributed by atoms with Gasteiger partial charge in [0.2, 0.25) is 0 Å². The van der Waals surface area contributed by atoms with Crippen molar-refractivity contribution in [2.75, 3.05) is 0 Å². The van der Waals surface area contributed by atoms with Crippen LogP contribution in [0.1, 0.15) is 27.7 Å². The Bertz CT molecular complexity index is 978. The van der Waals surface area contributed by atoms with Crippen LogP contribution < -0.4 is 5.32 Å². The molecule has 0 fully saturated rings. The number of nitrogens with one attached hydrogen (secondary N) is 1. The van der Waals surface area contributed by atoms with E-state index in [9.17, 15) is 4.79 Å². The molecule has 0 saturated carbocycles. The molecule has 0 bridgehead atoms. The van der Waals surface area contributed by atoms with Crippen LogP contribution in [0.5, 0.6) is 0 Å². The van der Waals surface area contributed by atoms with Gasteiger partial charge >= 0.3 is 0 Å². The number of amides is 1. The number of hydrogen-bond acceptors (Lipinski definition) is 4. The van der Waals surface area contributed by atoms with Crippen molar-refractivity contribution < 1.29 is 4.79 Å². The largest absolute Gasteiger partial charge is 0.340 e. The third kappa shape index (κ3) is 3.93. The third-order valence-electron chi connectivity index (χ3n) is 4.21. The summed E-state index contributed by atoms with van der Waals surface area (Å²) in [5.41, 5.74) is 3.42. The van der Waals surface area contributed by atoms with Gasteiger partial charge in [-0.05, 0) is 23.3 Å². The maximum absolute atomic E-state index is 12.9. The van der Waals surface area contributed by atoms with Crippen molar-refractivity contribution in [3.63, 3.8) is 0 Å². The molecule has 0 saturated heterocycles. The van der Waals surface area contributed by atoms with Crippen LogP contribution in [0.2, 0.25) is 0 Å². The lowest BCUT2D eigenvalue weighted by Gasteiger charge is -2.19. The Balaban J connectivity index is 1.60. The third-order valence-corrected chi connectivity index (χ3v) is 5.10. The molecule has 0 aliphatic heterocycles. The summed E-state index contributed by atoms with van der Waals surface area (Å²) in [6.45, 7) is 0. The highest BCUT2D eigenvalue weighted by molar-refractivity contribution is 7.13. The number of carbonyl (C=O) groups is 1. The average Bonchev–Trinajstić information content (AvgIpc) is 3.24. The molecular formula is C22H17N3OS. The quantitative estimate of drug-likeness (QED) is 0.552. The van der Waals surface area contributed by atoms with Gasteiger partial charge in [0, 0.05) is 23.3 Å². The summed E-state index contributed by atoms with van der Waals surface area (Å²) in [4.78, 5) is 21.5. The second-order valence-electron chi connectivity index (χ2n) is 6.00. The summed E-state index contributed by atoms with van der Waals surface area (Å²) in [7, 11) is 0. The standard InChI is InChI=1S/C22H17N3OS/c26-21(19-15-27-22(24-19)18-9-5-2-6-10-18)25-20(16-7-3-1-4-8-16)17-11-13-23-14-12-17/h1-15,20H,(H,25,26). The molecule has 0 aliphatic carbocycles. The van der Waals surface area contributed by atoms with Gasteiger partial charge in [0.25, 0.3) is 5.91 Å². The van der Waals surface area contributed by atoms with E-state index in [0.29, 0.717) is 5.69 Å². The molecule has 4 rings (SSSR count). The summed E-state index contributed by atoms with van der Waals surface area (Å²) < 4.78 is 0. The highest BCUT2D eigenvalue weighted by Gasteiger charge is 2.19. The molecule has 1 N–H and O–H groups in total. The van der Waals surface area contributed by atoms with E-state index in [4.69, 9.17) is 0 Å². The number of pyridine rings is 1. The summed E-state index contributed by atoms with van der Waals surface area (Å²) in [6.07, 6.45) is 3.46. The molecule has 5 heteroatoms. The molecule has 1 amide bonds. The Morgan fingerprint density at radius 2 is 1.48 bits per heavy atom. The Morgan fingerprint density at radius 3 is 2.19 bits per heavy atom. The molecule has 2 aromatic heterocycles. The first-order valence-electron chi connectivity index (χ1n) is 8.58. The fourth-order valence-corrected chi connectivity index (χ4v) is 3.66. The molecule has 1 unspecified atom stereocenters. The molecule has 4 nitrogen and oxygen atoms in total. The van der Waals surface area contributed by atoms with Crippen molar-refractivity contribution in [3.05, 3.63) is 107 Å². The van der Waals surface area contributed by atoms with E-state index < -0.39 is 0 Å². The number of benzene rings is 2. The molecule has 0 radical (unpaired) electrons. The lowest BCUT2D eigenvalue weighted by atomic mass is 9.99. The zero-order valence-corrected chi connectivity index (χ0v) is 15.3. The number of nitrogens with zero attached hydrogens (tertiary/aromatic N) is 2. The zero-order valence-electron chi connectivity index (χ0n) is 14.4. The van der Waals surface area contributed by atoms with Crippen LogP contribution >= 0.6 is 11.3 Å². The zero-order chi connectivity index (χ0) is 18.5. The number of carbonyl (C=O) groups excluding carboxylic acids is 1. The predicted molar refractivity (Wildman–Crippen MR) is 108 cm³/mol. The number of hydrogen-bond donors (Lipinski definition) is 1. The summed E-state index contributed by atoms with van der Waals surface area (Å²) in [6, 6.07) is 23.3. The minimum Gasteiger partial charge on any atom is -0.340 e. The number of rotatable bonds is 5. The maximum Gasteiger partial charge on any atom is 0.271 e. The fourth-order valence-electron chi connectivity index (χ4n) is 2.86. The van der Waals surface area contributed by atoms with Gasteiger partial charge in [-0.15, -0.1) is 11.3 Å². The van der Waals surface area contributed by atoms with E-state index in [1.54, 1.807) is 17.8 Å². The molecule has 2 heterocycles. The van der Waals surface area contributed by atoms with Crippen LogP contribution in [-0.4, -0.2) is 15.9 Å². The van der Waals surface area contributed by atoms with Crippen molar-refractivity contribution in [1.29, 1.82) is 0 Å². The van der Waals surface area contributed by atoms with Crippen molar-refractivity contribution >= 4 is 17.2 Å². The normalized spacial score (nSPS) is 11.7. The highest BCUT2D eigenvalue weighted by Crippen LogP contribution is 2.25. The summed E-state index contributed by atoms with van der Waals surface area (Å²) in [5.74, 6) is -0.195. The van der Waals surface area contributed by atoms with Crippen molar-refractivity contribution in [2.45, 2.75) is 6.04 Å². The molecule has 27 heavy (non-hydrogen) atoms. The van der Waals surface area contributed by atoms with Crippen LogP contribution in [0.3, 0.4) is 0 Å². The van der Waals surface area contributed by atoms with Gasteiger partial charge in [-0.3, -0.25) is 9.78 Å². The topological polar surface area (TPSA) is 54.9 Å². The molecule has 1 atom stereocenters. The van der Waals surface area contributed by atoms with Crippen molar-refractivity contribution in [3.8, 4) is 10.6 Å². The van der Waals surface area contributed by atoms with E-state index in [1.807, 2.05) is 72.8 Å². The molecule has 4 aromatic rings. The van der Waals surface area contributed by atoms with Crippen molar-refractivity contribution in [1.82, 2.24) is 15.3 Å². The van der Waals surface area contributed by atoms with Gasteiger partial charge < -0.3 is 5.32 Å². The monoisotopic (exact) mass is 371 g/mol. The van der Waals surface area contributed by atoms with Crippen LogP contribution in [0.4, 0.5) is 0 Å². The molecule has 0 aliphatic rings. The van der Waals surface area contributed by atoms with Gasteiger partial charge in [0.15, 0.2) is 0 Å². The van der Waals surface area contributed by atoms with Gasteiger partial charge in [0.1, 0.15) is 10.7 Å². The Hall–Kier alpha value is -3.31. The van der Waals surface area contributed by atoms with Gasteiger partial charge in [-0.2, -0.15) is 0 Å². The minimum absolute atomic E-state index is 0.195. The van der Waals surface area contributed by atoms with Crippen LogP contribution in [0.15, 0.2) is 90.6 Å². The van der Waals surface area contributed by atoms with Crippen molar-refractivity contribution in [2.24, 2.45) is 0 Å². The first-order valence-corrected chi connectivity index (χ1v) is 9.46. The van der Waals surface area contributed by atoms with E-state index in [-0.39, 0.29) is 11.9 Å². The van der Waals surface area contributed by atoms with E-state index in [2.05, 4.69) is 15.3 Å². The summed E-state index contributed by atoms with van der Waals surface area (Å²) >= 11 is 1.47. The Labute approximate surface area is 161 Å². The van der Waals surface area contributed by atoms with Crippen LogP contribution in [-0.2, 0) is 0 Å². The number of thiazole rings is 1. The Kier molecular flexibility index (Phi) is 5.03. The number of aromatic nitrogens is 2. The highest BCUT2D eigenvalue weighted by atomic mass is 32.1. The first-order chi connectivity index (χ1) is 13.3. The van der Waals surface area contributed by atoms with E-state index in [0.717, 1.165) is 21.7 Å². The van der Waals surface area contributed by atoms with Crippen LogP contribution in [0, 0.1) is 0 Å². The second kappa shape index (κ2) is 7.93. The SMILES string of the molecule is O=C(NC(c1ccccc1)c1ccncc1)c1csc(-c2ccccc2)n1.